The largest absolute Gasteiger partial charge is 0.295 e. The summed E-state index contributed by atoms with van der Waals surface area (Å²) >= 11 is 0. The van der Waals surface area contributed by atoms with Gasteiger partial charge in [-0.05, 0) is 12.5 Å². The van der Waals surface area contributed by atoms with E-state index < -0.39 is 9.84 Å². The minimum absolute atomic E-state index is 0.0960. The van der Waals surface area contributed by atoms with Crippen molar-refractivity contribution in [3.8, 4) is 0 Å². The van der Waals surface area contributed by atoms with Crippen LogP contribution >= 0.6 is 0 Å². The molecule has 0 radical (unpaired) electrons. The molecular formula is C8H14O3S. The molecule has 0 bridgehead atoms. The summed E-state index contributed by atoms with van der Waals surface area (Å²) in [5.41, 5.74) is 0. The van der Waals surface area contributed by atoms with Crippen LogP contribution in [0.1, 0.15) is 19.8 Å². The van der Waals surface area contributed by atoms with Crippen molar-refractivity contribution in [3.63, 3.8) is 0 Å². The Kier molecular flexibility index (Phi) is 4.81. The van der Waals surface area contributed by atoms with E-state index in [1.165, 1.54) is 6.08 Å². The standard InChI is InChI=1S/C8H14O3S/c1-3-8(9)6-5-7-12(10,11)4-2/h3H,1,4-7H2,2H3. The van der Waals surface area contributed by atoms with Crippen molar-refractivity contribution >= 4 is 15.6 Å². The maximum absolute atomic E-state index is 10.9. The number of ketones is 1. The van der Waals surface area contributed by atoms with Gasteiger partial charge in [0.05, 0.1) is 5.75 Å². The van der Waals surface area contributed by atoms with Crippen molar-refractivity contribution in [1.82, 2.24) is 0 Å². The molecule has 0 heterocycles. The Balaban J connectivity index is 3.71. The van der Waals surface area contributed by atoms with Gasteiger partial charge >= 0.3 is 0 Å². The average molecular weight is 190 g/mol. The second-order valence-electron chi connectivity index (χ2n) is 2.51. The second kappa shape index (κ2) is 5.09. The lowest BCUT2D eigenvalue weighted by atomic mass is 10.2. The van der Waals surface area contributed by atoms with E-state index in [4.69, 9.17) is 0 Å². The minimum Gasteiger partial charge on any atom is -0.295 e. The minimum atomic E-state index is -2.91. The summed E-state index contributed by atoms with van der Waals surface area (Å²) in [6.45, 7) is 4.90. The highest BCUT2D eigenvalue weighted by Gasteiger charge is 2.07. The van der Waals surface area contributed by atoms with Crippen molar-refractivity contribution in [1.29, 1.82) is 0 Å². The zero-order chi connectivity index (χ0) is 9.61. The first-order valence-electron chi connectivity index (χ1n) is 3.87. The molecule has 0 aliphatic rings. The third-order valence-corrected chi connectivity index (χ3v) is 3.34. The van der Waals surface area contributed by atoms with Gasteiger partial charge in [0, 0.05) is 12.2 Å². The van der Waals surface area contributed by atoms with E-state index in [0.29, 0.717) is 6.42 Å². The van der Waals surface area contributed by atoms with Crippen molar-refractivity contribution < 1.29 is 13.2 Å². The van der Waals surface area contributed by atoms with Crippen LogP contribution in [-0.2, 0) is 14.6 Å². The van der Waals surface area contributed by atoms with E-state index in [1.54, 1.807) is 6.92 Å². The van der Waals surface area contributed by atoms with Crippen LogP contribution in [0.25, 0.3) is 0 Å². The first-order chi connectivity index (χ1) is 5.52. The van der Waals surface area contributed by atoms with E-state index >= 15 is 0 Å². The van der Waals surface area contributed by atoms with Crippen LogP contribution in [0.4, 0.5) is 0 Å². The molecule has 0 aromatic rings. The Morgan fingerprint density at radius 1 is 1.50 bits per heavy atom. The van der Waals surface area contributed by atoms with Crippen molar-refractivity contribution in [2.45, 2.75) is 19.8 Å². The van der Waals surface area contributed by atoms with E-state index in [-0.39, 0.29) is 23.7 Å². The summed E-state index contributed by atoms with van der Waals surface area (Å²) in [7, 11) is -2.91. The molecule has 0 aliphatic carbocycles. The van der Waals surface area contributed by atoms with Gasteiger partial charge in [0.1, 0.15) is 9.84 Å². The van der Waals surface area contributed by atoms with Gasteiger partial charge in [0.2, 0.25) is 0 Å². The average Bonchev–Trinajstić information content (AvgIpc) is 2.04. The second-order valence-corrected chi connectivity index (χ2v) is 4.98. The molecule has 0 aromatic heterocycles. The molecule has 0 saturated heterocycles. The lowest BCUT2D eigenvalue weighted by Crippen LogP contribution is -2.09. The molecule has 4 heteroatoms. The highest BCUT2D eigenvalue weighted by atomic mass is 32.2. The Morgan fingerprint density at radius 3 is 2.50 bits per heavy atom. The summed E-state index contributed by atoms with van der Waals surface area (Å²) in [4.78, 5) is 10.7. The fourth-order valence-electron chi connectivity index (χ4n) is 0.713. The van der Waals surface area contributed by atoms with Crippen molar-refractivity contribution in [2.75, 3.05) is 11.5 Å². The third kappa shape index (κ3) is 5.07. The van der Waals surface area contributed by atoms with Crippen LogP contribution in [0, 0.1) is 0 Å². The van der Waals surface area contributed by atoms with Gasteiger partial charge in [0.25, 0.3) is 0 Å². The molecule has 0 fully saturated rings. The Bertz CT molecular complexity index is 251. The van der Waals surface area contributed by atoms with Crippen LogP contribution in [0.2, 0.25) is 0 Å². The Labute approximate surface area is 73.4 Å². The number of carbonyl (C=O) groups excluding carboxylic acids is 1. The van der Waals surface area contributed by atoms with Gasteiger partial charge in [-0.25, -0.2) is 8.42 Å². The number of hydrogen-bond acceptors (Lipinski definition) is 3. The SMILES string of the molecule is C=CC(=O)CCCS(=O)(=O)CC. The normalized spacial score (nSPS) is 11.1. The van der Waals surface area contributed by atoms with E-state index in [0.717, 1.165) is 0 Å². The number of hydrogen-bond donors (Lipinski definition) is 0. The van der Waals surface area contributed by atoms with E-state index in [1.807, 2.05) is 0 Å². The lowest BCUT2D eigenvalue weighted by molar-refractivity contribution is -0.114. The zero-order valence-electron chi connectivity index (χ0n) is 7.25. The molecule has 0 N–H and O–H groups in total. The number of sulfone groups is 1. The smallest absolute Gasteiger partial charge is 0.155 e. The molecule has 12 heavy (non-hydrogen) atoms. The van der Waals surface area contributed by atoms with Gasteiger partial charge < -0.3 is 0 Å². The topological polar surface area (TPSA) is 51.2 Å². The van der Waals surface area contributed by atoms with Gasteiger partial charge in [-0.2, -0.15) is 0 Å². The maximum Gasteiger partial charge on any atom is 0.155 e. The van der Waals surface area contributed by atoms with E-state index in [2.05, 4.69) is 6.58 Å². The fraction of sp³-hybridized carbons (Fsp3) is 0.625. The lowest BCUT2D eigenvalue weighted by Gasteiger charge is -1.98. The van der Waals surface area contributed by atoms with Crippen LogP contribution < -0.4 is 0 Å². The summed E-state index contributed by atoms with van der Waals surface area (Å²) in [5.74, 6) is 0.152. The molecule has 3 nitrogen and oxygen atoms in total. The molecule has 0 amide bonds. The van der Waals surface area contributed by atoms with Crippen LogP contribution in [0.3, 0.4) is 0 Å². The molecule has 70 valence electrons. The number of carbonyl (C=O) groups is 1. The quantitative estimate of drug-likeness (QED) is 0.586. The molecule has 0 rings (SSSR count). The fourth-order valence-corrected chi connectivity index (χ4v) is 1.59. The molecule has 0 unspecified atom stereocenters. The predicted molar refractivity (Wildman–Crippen MR) is 48.8 cm³/mol. The van der Waals surface area contributed by atoms with Gasteiger partial charge in [-0.15, -0.1) is 0 Å². The van der Waals surface area contributed by atoms with Crippen molar-refractivity contribution in [2.24, 2.45) is 0 Å². The predicted octanol–water partition coefficient (Wildman–Crippen LogP) is 0.956. The van der Waals surface area contributed by atoms with Gasteiger partial charge in [0.15, 0.2) is 5.78 Å². The summed E-state index contributed by atoms with van der Waals surface area (Å²) in [6.07, 6.45) is 1.91. The van der Waals surface area contributed by atoms with Crippen LogP contribution in [0.15, 0.2) is 12.7 Å². The molecule has 0 aromatic carbocycles. The summed E-state index contributed by atoms with van der Waals surface area (Å²) in [5, 5.41) is 0. The highest BCUT2D eigenvalue weighted by molar-refractivity contribution is 7.91. The van der Waals surface area contributed by atoms with Gasteiger partial charge in [-0.3, -0.25) is 4.79 Å². The Hall–Kier alpha value is -0.640. The molecular weight excluding hydrogens is 176 g/mol. The number of rotatable bonds is 6. The highest BCUT2D eigenvalue weighted by Crippen LogP contribution is 1.98. The molecule has 0 saturated carbocycles. The number of allylic oxidation sites excluding steroid dienone is 1. The monoisotopic (exact) mass is 190 g/mol. The van der Waals surface area contributed by atoms with E-state index in [9.17, 15) is 13.2 Å². The first-order valence-corrected chi connectivity index (χ1v) is 5.69. The summed E-state index contributed by atoms with van der Waals surface area (Å²) < 4.78 is 21.9. The van der Waals surface area contributed by atoms with Gasteiger partial charge in [-0.1, -0.05) is 13.5 Å². The Morgan fingerprint density at radius 2 is 2.08 bits per heavy atom. The van der Waals surface area contributed by atoms with Crippen molar-refractivity contribution in [3.05, 3.63) is 12.7 Å². The summed E-state index contributed by atoms with van der Waals surface area (Å²) in [6, 6.07) is 0. The van der Waals surface area contributed by atoms with Crippen LogP contribution in [0.5, 0.6) is 0 Å². The van der Waals surface area contributed by atoms with Crippen LogP contribution in [-0.4, -0.2) is 25.7 Å². The first kappa shape index (κ1) is 11.4. The third-order valence-electron chi connectivity index (χ3n) is 1.55. The molecule has 0 spiro atoms. The zero-order valence-corrected chi connectivity index (χ0v) is 8.06. The maximum atomic E-state index is 10.9. The molecule has 0 atom stereocenters. The molecule has 0 aliphatic heterocycles.